The number of nitrogens with zero attached hydrogens (tertiary/aromatic N) is 2. The van der Waals surface area contributed by atoms with Gasteiger partial charge in [0.2, 0.25) is 0 Å². The molecule has 1 fully saturated rings. The zero-order chi connectivity index (χ0) is 13.5. The summed E-state index contributed by atoms with van der Waals surface area (Å²) in [6.45, 7) is 6.89. The summed E-state index contributed by atoms with van der Waals surface area (Å²) in [6, 6.07) is 0.531. The van der Waals surface area contributed by atoms with Gasteiger partial charge in [0.25, 0.3) is 0 Å². The van der Waals surface area contributed by atoms with Gasteiger partial charge in [0.15, 0.2) is 0 Å². The van der Waals surface area contributed by atoms with E-state index in [0.29, 0.717) is 12.0 Å². The van der Waals surface area contributed by atoms with Crippen LogP contribution < -0.4 is 5.32 Å². The molecular formula is C14H29N3O. The predicted octanol–water partition coefficient (Wildman–Crippen LogP) is 2.16. The van der Waals surface area contributed by atoms with Gasteiger partial charge in [-0.25, -0.2) is 4.79 Å². The number of amides is 2. The Hall–Kier alpha value is -0.770. The molecule has 1 rings (SSSR count). The van der Waals surface area contributed by atoms with E-state index in [2.05, 4.69) is 24.1 Å². The maximum Gasteiger partial charge on any atom is 0.317 e. The van der Waals surface area contributed by atoms with E-state index in [0.717, 1.165) is 32.5 Å². The van der Waals surface area contributed by atoms with Gasteiger partial charge < -0.3 is 15.1 Å². The third-order valence-corrected chi connectivity index (χ3v) is 3.37. The van der Waals surface area contributed by atoms with E-state index in [4.69, 9.17) is 0 Å². The molecule has 1 aliphatic rings. The average molecular weight is 255 g/mol. The SMILES string of the molecule is CC(C)CN(CCN(C)C)C(=O)NC1CCCC1. The van der Waals surface area contributed by atoms with E-state index in [1.165, 1.54) is 12.8 Å². The summed E-state index contributed by atoms with van der Waals surface area (Å²) in [6.07, 6.45) is 4.81. The lowest BCUT2D eigenvalue weighted by atomic mass is 10.2. The summed E-state index contributed by atoms with van der Waals surface area (Å²) in [5, 5.41) is 3.18. The molecular weight excluding hydrogens is 226 g/mol. The van der Waals surface area contributed by atoms with Gasteiger partial charge in [-0.3, -0.25) is 0 Å². The van der Waals surface area contributed by atoms with Crippen molar-refractivity contribution in [3.8, 4) is 0 Å². The molecule has 0 radical (unpaired) electrons. The topological polar surface area (TPSA) is 35.6 Å². The highest BCUT2D eigenvalue weighted by Gasteiger charge is 2.21. The summed E-state index contributed by atoms with van der Waals surface area (Å²) in [7, 11) is 4.09. The largest absolute Gasteiger partial charge is 0.335 e. The Labute approximate surface area is 112 Å². The van der Waals surface area contributed by atoms with E-state index in [-0.39, 0.29) is 6.03 Å². The summed E-state index contributed by atoms with van der Waals surface area (Å²) in [5.41, 5.74) is 0. The van der Waals surface area contributed by atoms with E-state index >= 15 is 0 Å². The van der Waals surface area contributed by atoms with Gasteiger partial charge in [0.05, 0.1) is 0 Å². The summed E-state index contributed by atoms with van der Waals surface area (Å²) >= 11 is 0. The molecule has 0 heterocycles. The maximum atomic E-state index is 12.2. The van der Waals surface area contributed by atoms with Crippen LogP contribution >= 0.6 is 0 Å². The number of urea groups is 1. The minimum Gasteiger partial charge on any atom is -0.335 e. The fraction of sp³-hybridized carbons (Fsp3) is 0.929. The molecule has 4 nitrogen and oxygen atoms in total. The molecule has 106 valence electrons. The van der Waals surface area contributed by atoms with Crippen LogP contribution in [0.4, 0.5) is 4.79 Å². The second-order valence-corrected chi connectivity index (χ2v) is 6.07. The Morgan fingerprint density at radius 2 is 1.83 bits per heavy atom. The molecule has 0 unspecified atom stereocenters. The lowest BCUT2D eigenvalue weighted by molar-refractivity contribution is 0.180. The molecule has 4 heteroatoms. The van der Waals surface area contributed by atoms with Gasteiger partial charge in [-0.2, -0.15) is 0 Å². The van der Waals surface area contributed by atoms with Crippen molar-refractivity contribution in [1.82, 2.24) is 15.1 Å². The number of hydrogen-bond acceptors (Lipinski definition) is 2. The van der Waals surface area contributed by atoms with E-state index in [1.54, 1.807) is 0 Å². The van der Waals surface area contributed by atoms with Gasteiger partial charge in [-0.1, -0.05) is 26.7 Å². The Bertz CT molecular complexity index is 247. The molecule has 0 bridgehead atoms. The molecule has 1 saturated carbocycles. The molecule has 18 heavy (non-hydrogen) atoms. The second kappa shape index (κ2) is 7.62. The van der Waals surface area contributed by atoms with Crippen LogP contribution in [0, 0.1) is 5.92 Å². The standard InChI is InChI=1S/C14H29N3O/c1-12(2)11-17(10-9-16(3)4)14(18)15-13-7-5-6-8-13/h12-13H,5-11H2,1-4H3,(H,15,18). The summed E-state index contributed by atoms with van der Waals surface area (Å²) < 4.78 is 0. The number of rotatable bonds is 6. The number of likely N-dealkylation sites (N-methyl/N-ethyl adjacent to an activating group) is 1. The molecule has 1 aliphatic carbocycles. The minimum absolute atomic E-state index is 0.123. The molecule has 0 aromatic rings. The number of hydrogen-bond donors (Lipinski definition) is 1. The number of carbonyl (C=O) groups excluding carboxylic acids is 1. The van der Waals surface area contributed by atoms with Crippen molar-refractivity contribution >= 4 is 6.03 Å². The number of carbonyl (C=O) groups is 1. The van der Waals surface area contributed by atoms with Gasteiger partial charge >= 0.3 is 6.03 Å². The quantitative estimate of drug-likeness (QED) is 0.789. The zero-order valence-electron chi connectivity index (χ0n) is 12.4. The fourth-order valence-electron chi connectivity index (χ4n) is 2.37. The van der Waals surface area contributed by atoms with E-state index < -0.39 is 0 Å². The molecule has 0 atom stereocenters. The predicted molar refractivity (Wildman–Crippen MR) is 75.8 cm³/mol. The molecule has 0 aromatic carbocycles. The van der Waals surface area contributed by atoms with Crippen molar-refractivity contribution in [2.24, 2.45) is 5.92 Å². The molecule has 1 N–H and O–H groups in total. The third-order valence-electron chi connectivity index (χ3n) is 3.37. The molecule has 0 spiro atoms. The van der Waals surface area contributed by atoms with Crippen LogP contribution in [0.15, 0.2) is 0 Å². The van der Waals surface area contributed by atoms with Crippen molar-refractivity contribution < 1.29 is 4.79 Å². The highest BCUT2D eigenvalue weighted by Crippen LogP contribution is 2.17. The lowest BCUT2D eigenvalue weighted by Crippen LogP contribution is -2.47. The van der Waals surface area contributed by atoms with Crippen LogP contribution in [-0.4, -0.2) is 55.6 Å². The Balaban J connectivity index is 2.43. The van der Waals surface area contributed by atoms with Crippen molar-refractivity contribution in [2.75, 3.05) is 33.7 Å². The minimum atomic E-state index is 0.123. The van der Waals surface area contributed by atoms with Crippen LogP contribution in [0.2, 0.25) is 0 Å². The fourth-order valence-corrected chi connectivity index (χ4v) is 2.37. The van der Waals surface area contributed by atoms with Gasteiger partial charge in [-0.05, 0) is 32.9 Å². The molecule has 0 saturated heterocycles. The molecule has 2 amide bonds. The van der Waals surface area contributed by atoms with Crippen LogP contribution in [0.1, 0.15) is 39.5 Å². The van der Waals surface area contributed by atoms with Crippen LogP contribution in [0.3, 0.4) is 0 Å². The first-order valence-corrected chi connectivity index (χ1v) is 7.19. The van der Waals surface area contributed by atoms with Crippen LogP contribution in [0.5, 0.6) is 0 Å². The van der Waals surface area contributed by atoms with E-state index in [1.807, 2.05) is 19.0 Å². The maximum absolute atomic E-state index is 12.2. The van der Waals surface area contributed by atoms with E-state index in [9.17, 15) is 4.79 Å². The summed E-state index contributed by atoms with van der Waals surface area (Å²) in [5.74, 6) is 0.515. The molecule has 0 aliphatic heterocycles. The van der Waals surface area contributed by atoms with Gasteiger partial charge in [-0.15, -0.1) is 0 Å². The first-order valence-electron chi connectivity index (χ1n) is 7.19. The first-order chi connectivity index (χ1) is 8.49. The third kappa shape index (κ3) is 5.71. The van der Waals surface area contributed by atoms with Gasteiger partial charge in [0, 0.05) is 25.7 Å². The highest BCUT2D eigenvalue weighted by atomic mass is 16.2. The smallest absolute Gasteiger partial charge is 0.317 e. The Morgan fingerprint density at radius 1 is 1.22 bits per heavy atom. The normalized spacial score (nSPS) is 16.6. The summed E-state index contributed by atoms with van der Waals surface area (Å²) in [4.78, 5) is 16.3. The monoisotopic (exact) mass is 255 g/mol. The molecule has 0 aromatic heterocycles. The zero-order valence-corrected chi connectivity index (χ0v) is 12.4. The first kappa shape index (κ1) is 15.3. The average Bonchev–Trinajstić information content (AvgIpc) is 2.76. The number of nitrogens with one attached hydrogen (secondary N) is 1. The second-order valence-electron chi connectivity index (χ2n) is 6.07. The van der Waals surface area contributed by atoms with Crippen LogP contribution in [0.25, 0.3) is 0 Å². The Kier molecular flexibility index (Phi) is 6.47. The highest BCUT2D eigenvalue weighted by molar-refractivity contribution is 5.74. The Morgan fingerprint density at radius 3 is 2.33 bits per heavy atom. The van der Waals surface area contributed by atoms with Crippen molar-refractivity contribution in [3.63, 3.8) is 0 Å². The van der Waals surface area contributed by atoms with Gasteiger partial charge in [0.1, 0.15) is 0 Å². The van der Waals surface area contributed by atoms with Crippen molar-refractivity contribution in [1.29, 1.82) is 0 Å². The van der Waals surface area contributed by atoms with Crippen LogP contribution in [-0.2, 0) is 0 Å². The van der Waals surface area contributed by atoms with Crippen molar-refractivity contribution in [2.45, 2.75) is 45.6 Å². The lowest BCUT2D eigenvalue weighted by Gasteiger charge is -2.27. The van der Waals surface area contributed by atoms with Crippen molar-refractivity contribution in [3.05, 3.63) is 0 Å².